The molecule has 0 aromatic carbocycles. The van der Waals surface area contributed by atoms with E-state index in [9.17, 15) is 4.79 Å². The number of hydrogen-bond acceptors (Lipinski definition) is 2. The van der Waals surface area contributed by atoms with Crippen molar-refractivity contribution in [1.29, 1.82) is 0 Å². The Labute approximate surface area is 92.2 Å². The number of amides is 1. The molecular weight excluding hydrogens is 188 g/mol. The summed E-state index contributed by atoms with van der Waals surface area (Å²) in [6.07, 6.45) is 4.74. The van der Waals surface area contributed by atoms with Crippen molar-refractivity contribution >= 4 is 5.91 Å². The summed E-state index contributed by atoms with van der Waals surface area (Å²) in [4.78, 5) is 14.3. The van der Waals surface area contributed by atoms with E-state index >= 15 is 0 Å². The summed E-state index contributed by atoms with van der Waals surface area (Å²) in [7, 11) is 0. The first-order valence-corrected chi connectivity index (χ1v) is 6.23. The first-order chi connectivity index (χ1) is 7.15. The Hall–Kier alpha value is -0.570. The van der Waals surface area contributed by atoms with E-state index in [4.69, 9.17) is 0 Å². The highest BCUT2D eigenvalue weighted by Gasteiger charge is 2.46. The highest BCUT2D eigenvalue weighted by Crippen LogP contribution is 2.33. The molecule has 0 radical (unpaired) electrons. The second-order valence-electron chi connectivity index (χ2n) is 5.17. The van der Waals surface area contributed by atoms with Gasteiger partial charge in [0.25, 0.3) is 0 Å². The van der Waals surface area contributed by atoms with Crippen molar-refractivity contribution in [2.45, 2.75) is 64.7 Å². The van der Waals surface area contributed by atoms with E-state index in [2.05, 4.69) is 31.0 Å². The van der Waals surface area contributed by atoms with Crippen LogP contribution in [0.15, 0.2) is 0 Å². The maximum atomic E-state index is 12.2. The van der Waals surface area contributed by atoms with Crippen LogP contribution in [0.5, 0.6) is 0 Å². The SMILES string of the molecule is CCCC1NC(C(C)C)N(C2CC2)C1=O. The third-order valence-corrected chi connectivity index (χ3v) is 3.37. The van der Waals surface area contributed by atoms with Crippen molar-refractivity contribution in [3.05, 3.63) is 0 Å². The Bertz CT molecular complexity index is 248. The van der Waals surface area contributed by atoms with Crippen LogP contribution in [-0.4, -0.2) is 29.1 Å². The highest BCUT2D eigenvalue weighted by molar-refractivity contribution is 5.85. The fourth-order valence-corrected chi connectivity index (χ4v) is 2.44. The van der Waals surface area contributed by atoms with Gasteiger partial charge in [-0.05, 0) is 25.2 Å². The van der Waals surface area contributed by atoms with E-state index < -0.39 is 0 Å². The van der Waals surface area contributed by atoms with E-state index in [-0.39, 0.29) is 12.2 Å². The lowest BCUT2D eigenvalue weighted by atomic mass is 10.1. The minimum Gasteiger partial charge on any atom is -0.323 e. The third-order valence-electron chi connectivity index (χ3n) is 3.37. The van der Waals surface area contributed by atoms with Gasteiger partial charge >= 0.3 is 0 Å². The molecule has 0 bridgehead atoms. The van der Waals surface area contributed by atoms with Crippen molar-refractivity contribution < 1.29 is 4.79 Å². The van der Waals surface area contributed by atoms with Crippen LogP contribution in [0.3, 0.4) is 0 Å². The van der Waals surface area contributed by atoms with E-state index in [0.29, 0.717) is 17.9 Å². The lowest BCUT2D eigenvalue weighted by Gasteiger charge is -2.27. The summed E-state index contributed by atoms with van der Waals surface area (Å²) in [5.74, 6) is 0.856. The smallest absolute Gasteiger partial charge is 0.241 e. The lowest BCUT2D eigenvalue weighted by Crippen LogP contribution is -2.42. The summed E-state index contributed by atoms with van der Waals surface area (Å²) in [5.41, 5.74) is 0. The Morgan fingerprint density at radius 3 is 2.60 bits per heavy atom. The van der Waals surface area contributed by atoms with Crippen molar-refractivity contribution in [3.8, 4) is 0 Å². The van der Waals surface area contributed by atoms with Gasteiger partial charge in [0.1, 0.15) is 0 Å². The van der Waals surface area contributed by atoms with Crippen LogP contribution in [0.25, 0.3) is 0 Å². The molecule has 2 unspecified atom stereocenters. The molecule has 1 saturated carbocycles. The minimum absolute atomic E-state index is 0.0861. The zero-order chi connectivity index (χ0) is 11.0. The summed E-state index contributed by atoms with van der Waals surface area (Å²) in [5, 5.41) is 3.49. The van der Waals surface area contributed by atoms with E-state index in [1.165, 1.54) is 12.8 Å². The predicted molar refractivity (Wildman–Crippen MR) is 60.3 cm³/mol. The van der Waals surface area contributed by atoms with Crippen molar-refractivity contribution in [2.75, 3.05) is 0 Å². The second kappa shape index (κ2) is 4.12. The quantitative estimate of drug-likeness (QED) is 0.766. The average Bonchev–Trinajstić information content (AvgIpc) is 2.95. The summed E-state index contributed by atoms with van der Waals surface area (Å²) >= 11 is 0. The van der Waals surface area contributed by atoms with Crippen LogP contribution in [0.1, 0.15) is 46.5 Å². The summed E-state index contributed by atoms with van der Waals surface area (Å²) in [6.45, 7) is 6.52. The molecule has 0 aromatic heterocycles. The van der Waals surface area contributed by atoms with Gasteiger partial charge in [0.05, 0.1) is 12.2 Å². The van der Waals surface area contributed by atoms with Crippen molar-refractivity contribution in [1.82, 2.24) is 10.2 Å². The predicted octanol–water partition coefficient (Wildman–Crippen LogP) is 1.73. The second-order valence-corrected chi connectivity index (χ2v) is 5.17. The standard InChI is InChI=1S/C12H22N2O/c1-4-5-10-12(15)14(9-6-7-9)11(13-10)8(2)3/h8-11,13H,4-7H2,1-3H3. The van der Waals surface area contributed by atoms with Crippen LogP contribution in [0.4, 0.5) is 0 Å². The fraction of sp³-hybridized carbons (Fsp3) is 0.917. The van der Waals surface area contributed by atoms with Gasteiger partial charge in [-0.25, -0.2) is 0 Å². The van der Waals surface area contributed by atoms with Gasteiger partial charge in [-0.15, -0.1) is 0 Å². The zero-order valence-corrected chi connectivity index (χ0v) is 9.99. The molecule has 1 amide bonds. The summed E-state index contributed by atoms with van der Waals surface area (Å²) in [6, 6.07) is 0.627. The van der Waals surface area contributed by atoms with E-state index in [1.807, 2.05) is 0 Å². The molecule has 2 rings (SSSR count). The molecule has 3 nitrogen and oxygen atoms in total. The zero-order valence-electron chi connectivity index (χ0n) is 9.99. The topological polar surface area (TPSA) is 32.3 Å². The van der Waals surface area contributed by atoms with Gasteiger partial charge < -0.3 is 4.90 Å². The molecule has 1 aliphatic carbocycles. The molecule has 1 aliphatic heterocycles. The molecule has 86 valence electrons. The molecule has 2 aliphatic rings. The third kappa shape index (κ3) is 2.03. The first kappa shape index (κ1) is 10.9. The van der Waals surface area contributed by atoms with Gasteiger partial charge in [0.15, 0.2) is 0 Å². The van der Waals surface area contributed by atoms with Crippen LogP contribution >= 0.6 is 0 Å². The van der Waals surface area contributed by atoms with Gasteiger partial charge in [-0.1, -0.05) is 27.2 Å². The number of nitrogens with one attached hydrogen (secondary N) is 1. The molecule has 0 spiro atoms. The molecule has 15 heavy (non-hydrogen) atoms. The molecule has 3 heteroatoms. The van der Waals surface area contributed by atoms with Crippen LogP contribution in [-0.2, 0) is 4.79 Å². The molecule has 1 heterocycles. The minimum atomic E-state index is 0.0861. The van der Waals surface area contributed by atoms with E-state index in [0.717, 1.165) is 12.8 Å². The number of carbonyl (C=O) groups is 1. The molecule has 2 atom stereocenters. The monoisotopic (exact) mass is 210 g/mol. The van der Waals surface area contributed by atoms with E-state index in [1.54, 1.807) is 0 Å². The van der Waals surface area contributed by atoms with Crippen molar-refractivity contribution in [2.24, 2.45) is 5.92 Å². The Kier molecular flexibility index (Phi) is 3.01. The largest absolute Gasteiger partial charge is 0.323 e. The normalized spacial score (nSPS) is 31.7. The highest BCUT2D eigenvalue weighted by atomic mass is 16.2. The molecule has 2 fully saturated rings. The Morgan fingerprint density at radius 1 is 1.47 bits per heavy atom. The molecule has 0 aromatic rings. The Balaban J connectivity index is 2.08. The Morgan fingerprint density at radius 2 is 2.13 bits per heavy atom. The average molecular weight is 210 g/mol. The number of nitrogens with zero attached hydrogens (tertiary/aromatic N) is 1. The summed E-state index contributed by atoms with van der Waals surface area (Å²) < 4.78 is 0. The van der Waals surface area contributed by atoms with Gasteiger partial charge in [-0.3, -0.25) is 10.1 Å². The molecular formula is C12H22N2O. The number of rotatable bonds is 4. The van der Waals surface area contributed by atoms with Crippen LogP contribution in [0.2, 0.25) is 0 Å². The first-order valence-electron chi connectivity index (χ1n) is 6.23. The van der Waals surface area contributed by atoms with Gasteiger partial charge in [-0.2, -0.15) is 0 Å². The van der Waals surface area contributed by atoms with Gasteiger partial charge in [0, 0.05) is 6.04 Å². The van der Waals surface area contributed by atoms with Crippen molar-refractivity contribution in [3.63, 3.8) is 0 Å². The molecule has 1 saturated heterocycles. The van der Waals surface area contributed by atoms with Gasteiger partial charge in [0.2, 0.25) is 5.91 Å². The number of hydrogen-bond donors (Lipinski definition) is 1. The fourth-order valence-electron chi connectivity index (χ4n) is 2.44. The van der Waals surface area contributed by atoms with Crippen LogP contribution < -0.4 is 5.32 Å². The number of carbonyl (C=O) groups excluding carboxylic acids is 1. The lowest BCUT2D eigenvalue weighted by molar-refractivity contribution is -0.131. The maximum absolute atomic E-state index is 12.2. The van der Waals surface area contributed by atoms with Crippen LogP contribution in [0, 0.1) is 5.92 Å². The maximum Gasteiger partial charge on any atom is 0.241 e. The molecule has 1 N–H and O–H groups in total.